The molecule has 2 amide bonds. The van der Waals surface area contributed by atoms with Gasteiger partial charge in [-0.15, -0.1) is 0 Å². The molecule has 2 N–H and O–H groups in total. The molecule has 2 fully saturated rings. The molecule has 4 aromatic rings. The Kier molecular flexibility index (Phi) is 10.6. The van der Waals surface area contributed by atoms with Gasteiger partial charge in [0.25, 0.3) is 0 Å². The molecule has 6 nitrogen and oxygen atoms in total. The van der Waals surface area contributed by atoms with E-state index in [1.165, 1.54) is 44.7 Å². The van der Waals surface area contributed by atoms with Gasteiger partial charge in [-0.3, -0.25) is 9.59 Å². The molecule has 0 unspecified atom stereocenters. The van der Waals surface area contributed by atoms with Crippen LogP contribution in [0.4, 0.5) is 0 Å². The van der Waals surface area contributed by atoms with Crippen LogP contribution in [-0.4, -0.2) is 51.0 Å². The summed E-state index contributed by atoms with van der Waals surface area (Å²) in [7, 11) is 0. The first-order chi connectivity index (χ1) is 24.5. The fourth-order valence-electron chi connectivity index (χ4n) is 8.54. The fraction of sp³-hybridized carbons (Fsp3) is 0.364. The maximum absolute atomic E-state index is 12.4. The van der Waals surface area contributed by atoms with Crippen molar-refractivity contribution in [3.8, 4) is 0 Å². The topological polar surface area (TPSA) is 81.1 Å². The third kappa shape index (κ3) is 7.33. The average molecular weight is 669 g/mol. The highest BCUT2D eigenvalue weighted by molar-refractivity contribution is 5.85. The van der Waals surface area contributed by atoms with Gasteiger partial charge in [0.1, 0.15) is 0 Å². The lowest BCUT2D eigenvalue weighted by molar-refractivity contribution is -0.130. The Labute approximate surface area is 296 Å². The summed E-state index contributed by atoms with van der Waals surface area (Å²) in [6.07, 6.45) is 8.97. The second kappa shape index (κ2) is 15.6. The normalized spacial score (nSPS) is 20.0. The van der Waals surface area contributed by atoms with Gasteiger partial charge in [0, 0.05) is 43.6 Å². The van der Waals surface area contributed by atoms with Crippen LogP contribution < -0.4 is 0 Å². The first kappa shape index (κ1) is 34.0. The largest absolute Gasteiger partial charge is 0.392 e. The van der Waals surface area contributed by atoms with Crippen molar-refractivity contribution >= 4 is 17.4 Å². The smallest absolute Gasteiger partial charge is 0.226 e. The van der Waals surface area contributed by atoms with E-state index in [0.717, 1.165) is 75.6 Å². The number of fused-ring (bicyclic) bond motifs is 2. The minimum Gasteiger partial charge on any atom is -0.392 e. The molecule has 0 spiro atoms. The number of likely N-dealkylation sites (tertiary alicyclic amines) is 2. The molecule has 0 radical (unpaired) electrons. The maximum atomic E-state index is 12.4. The van der Waals surface area contributed by atoms with Crippen molar-refractivity contribution < 1.29 is 19.8 Å². The van der Waals surface area contributed by atoms with Crippen molar-refractivity contribution in [3.63, 3.8) is 0 Å². The monoisotopic (exact) mass is 668 g/mol. The molecule has 2 aliphatic heterocycles. The van der Waals surface area contributed by atoms with Crippen LogP contribution >= 0.6 is 0 Å². The van der Waals surface area contributed by atoms with Gasteiger partial charge in [0.15, 0.2) is 0 Å². The first-order valence-corrected chi connectivity index (χ1v) is 18.4. The quantitative estimate of drug-likeness (QED) is 0.209. The van der Waals surface area contributed by atoms with E-state index in [0.29, 0.717) is 24.7 Å². The molecule has 6 heteroatoms. The molecular formula is C44H48N2O4. The van der Waals surface area contributed by atoms with E-state index < -0.39 is 0 Å². The van der Waals surface area contributed by atoms with Crippen LogP contribution in [-0.2, 0) is 48.5 Å². The van der Waals surface area contributed by atoms with Gasteiger partial charge in [0.05, 0.1) is 13.2 Å². The Morgan fingerprint density at radius 1 is 0.620 bits per heavy atom. The number of hydrogen-bond donors (Lipinski definition) is 2. The van der Waals surface area contributed by atoms with E-state index in [1.807, 2.05) is 29.2 Å². The minimum absolute atomic E-state index is 0.0455. The number of benzene rings is 4. The number of carbonyl (C=O) groups excluding carboxylic acids is 2. The molecule has 2 heterocycles. The number of carbonyl (C=O) groups is 2. The Morgan fingerprint density at radius 3 is 1.94 bits per heavy atom. The predicted octanol–water partition coefficient (Wildman–Crippen LogP) is 7.14. The standard InChI is InChI=1S/C22H25NO2.C22H23NO2/c2*24-15-17-8-9-18-10-11-21(23-12-4-7-22(23)25)20(19(18)14-17)13-16-5-2-1-3-6-16/h1-3,5-6,8-9,14,20-21,24H,4,7,10-13,15H2;1-3,5-6,8-9,14,24H,4,7,10-13,15H2/t20-,21+;/m1./s1. The number of aliphatic hydroxyl groups is 2. The number of allylic oxidation sites excluding steroid dienone is 2. The van der Waals surface area contributed by atoms with E-state index in [1.54, 1.807) is 0 Å². The molecule has 2 aliphatic carbocycles. The number of amides is 2. The number of rotatable bonds is 8. The summed E-state index contributed by atoms with van der Waals surface area (Å²) in [5, 5.41) is 19.1. The Morgan fingerprint density at radius 2 is 1.28 bits per heavy atom. The number of aryl methyl sites for hydroxylation is 2. The molecule has 8 rings (SSSR count). The summed E-state index contributed by atoms with van der Waals surface area (Å²) in [6, 6.07) is 33.9. The van der Waals surface area contributed by atoms with Gasteiger partial charge in [-0.05, 0) is 108 Å². The maximum Gasteiger partial charge on any atom is 0.226 e. The molecule has 2 saturated heterocycles. The Hall–Kier alpha value is -4.52. The van der Waals surface area contributed by atoms with E-state index in [4.69, 9.17) is 0 Å². The van der Waals surface area contributed by atoms with Crippen LogP contribution in [0, 0.1) is 0 Å². The lowest BCUT2D eigenvalue weighted by Gasteiger charge is -2.39. The predicted molar refractivity (Wildman–Crippen MR) is 197 cm³/mol. The van der Waals surface area contributed by atoms with Crippen LogP contribution in [0.25, 0.3) is 5.57 Å². The average Bonchev–Trinajstić information content (AvgIpc) is 3.80. The zero-order chi connectivity index (χ0) is 34.5. The van der Waals surface area contributed by atoms with Gasteiger partial charge in [0.2, 0.25) is 11.8 Å². The van der Waals surface area contributed by atoms with Crippen LogP contribution in [0.2, 0.25) is 0 Å². The third-order valence-corrected chi connectivity index (χ3v) is 11.1. The highest BCUT2D eigenvalue weighted by atomic mass is 16.3. The van der Waals surface area contributed by atoms with E-state index in [9.17, 15) is 19.8 Å². The van der Waals surface area contributed by atoms with Crippen molar-refractivity contribution in [2.45, 2.75) is 89.4 Å². The zero-order valence-corrected chi connectivity index (χ0v) is 28.9. The summed E-state index contributed by atoms with van der Waals surface area (Å²) in [5.41, 5.74) is 12.1. The first-order valence-electron chi connectivity index (χ1n) is 18.4. The lowest BCUT2D eigenvalue weighted by Crippen LogP contribution is -2.43. The number of hydrogen-bond acceptors (Lipinski definition) is 4. The number of aliphatic hydroxyl groups excluding tert-OH is 2. The molecule has 2 atom stereocenters. The summed E-state index contributed by atoms with van der Waals surface area (Å²) in [6.45, 7) is 1.84. The second-order valence-corrected chi connectivity index (χ2v) is 14.2. The number of nitrogens with zero attached hydrogens (tertiary/aromatic N) is 2. The summed E-state index contributed by atoms with van der Waals surface area (Å²) >= 11 is 0. The highest BCUT2D eigenvalue weighted by Gasteiger charge is 2.37. The molecule has 4 aromatic carbocycles. The van der Waals surface area contributed by atoms with Crippen LogP contribution in [0.15, 0.2) is 103 Å². The molecule has 258 valence electrons. The molecular weight excluding hydrogens is 620 g/mol. The molecule has 0 bridgehead atoms. The van der Waals surface area contributed by atoms with Gasteiger partial charge in [-0.25, -0.2) is 0 Å². The van der Waals surface area contributed by atoms with Crippen molar-refractivity contribution in [2.75, 3.05) is 13.1 Å². The van der Waals surface area contributed by atoms with Crippen molar-refractivity contribution in [1.29, 1.82) is 0 Å². The summed E-state index contributed by atoms with van der Waals surface area (Å²) in [4.78, 5) is 28.9. The Bertz CT molecular complexity index is 1850. The van der Waals surface area contributed by atoms with Crippen molar-refractivity contribution in [1.82, 2.24) is 9.80 Å². The van der Waals surface area contributed by atoms with Crippen molar-refractivity contribution in [3.05, 3.63) is 147 Å². The van der Waals surface area contributed by atoms with E-state index in [-0.39, 0.29) is 25.2 Å². The van der Waals surface area contributed by atoms with E-state index >= 15 is 0 Å². The van der Waals surface area contributed by atoms with Crippen LogP contribution in [0.5, 0.6) is 0 Å². The van der Waals surface area contributed by atoms with Gasteiger partial charge >= 0.3 is 0 Å². The molecule has 0 saturated carbocycles. The molecule has 50 heavy (non-hydrogen) atoms. The summed E-state index contributed by atoms with van der Waals surface area (Å²) < 4.78 is 0. The van der Waals surface area contributed by atoms with Gasteiger partial charge in [-0.1, -0.05) is 91.0 Å². The highest BCUT2D eigenvalue weighted by Crippen LogP contribution is 2.40. The minimum atomic E-state index is 0.0455. The second-order valence-electron chi connectivity index (χ2n) is 14.2. The summed E-state index contributed by atoms with van der Waals surface area (Å²) in [5.74, 6) is 0.867. The Balaban J connectivity index is 0.000000157. The third-order valence-electron chi connectivity index (χ3n) is 11.1. The van der Waals surface area contributed by atoms with Gasteiger partial charge in [-0.2, -0.15) is 0 Å². The van der Waals surface area contributed by atoms with E-state index in [2.05, 4.69) is 77.7 Å². The van der Waals surface area contributed by atoms with Crippen LogP contribution in [0.3, 0.4) is 0 Å². The molecule has 4 aliphatic rings. The SMILES string of the molecule is O=C1CCCN1C1=C(Cc2ccccc2)c2cc(CO)ccc2CC1.O=C1CCCN1[C@H]1CCc2ccc(CO)cc2[C@H]1Cc1ccccc1. The van der Waals surface area contributed by atoms with Crippen molar-refractivity contribution in [2.24, 2.45) is 0 Å². The van der Waals surface area contributed by atoms with Crippen LogP contribution in [0.1, 0.15) is 89.0 Å². The van der Waals surface area contributed by atoms with Gasteiger partial charge < -0.3 is 20.0 Å². The zero-order valence-electron chi connectivity index (χ0n) is 28.9. The fourth-order valence-corrected chi connectivity index (χ4v) is 8.54. The lowest BCUT2D eigenvalue weighted by atomic mass is 9.75. The molecule has 0 aromatic heterocycles.